The third kappa shape index (κ3) is 4.38. The van der Waals surface area contributed by atoms with E-state index in [9.17, 15) is 14.4 Å². The molecule has 1 aromatic carbocycles. The number of hydrogen-bond acceptors (Lipinski definition) is 5. The molecule has 0 atom stereocenters. The van der Waals surface area contributed by atoms with Gasteiger partial charge < -0.3 is 10.1 Å². The number of pyridine rings is 1. The lowest BCUT2D eigenvalue weighted by Crippen LogP contribution is -2.37. The largest absolute Gasteiger partial charge is 0.490 e. The Labute approximate surface area is 179 Å². The van der Waals surface area contributed by atoms with Crippen LogP contribution in [0.2, 0.25) is 0 Å². The molecule has 0 radical (unpaired) electrons. The summed E-state index contributed by atoms with van der Waals surface area (Å²) in [5.41, 5.74) is 0.495. The van der Waals surface area contributed by atoms with E-state index in [1.807, 2.05) is 24.3 Å². The number of benzene rings is 1. The molecule has 2 aromatic heterocycles. The van der Waals surface area contributed by atoms with Crippen LogP contribution in [0.4, 0.5) is 0 Å². The highest BCUT2D eigenvalue weighted by Gasteiger charge is 2.16. The maximum Gasteiger partial charge on any atom is 0.332 e. The molecule has 31 heavy (non-hydrogen) atoms. The Morgan fingerprint density at radius 1 is 1.13 bits per heavy atom. The molecule has 1 aliphatic carbocycles. The molecule has 8 heteroatoms. The number of rotatable bonds is 5. The molecule has 0 unspecified atom stereocenters. The normalized spacial score (nSPS) is 14.5. The van der Waals surface area contributed by atoms with E-state index in [2.05, 4.69) is 10.3 Å². The highest BCUT2D eigenvalue weighted by atomic mass is 16.5. The van der Waals surface area contributed by atoms with Gasteiger partial charge in [-0.2, -0.15) is 0 Å². The first kappa shape index (κ1) is 20.8. The number of carbonyl (C=O) groups excluding carboxylic acids is 1. The van der Waals surface area contributed by atoms with Crippen LogP contribution in [-0.2, 0) is 20.6 Å². The molecule has 0 bridgehead atoms. The number of hydrogen-bond donors (Lipinski definition) is 1. The zero-order chi connectivity index (χ0) is 22.0. The summed E-state index contributed by atoms with van der Waals surface area (Å²) in [5, 5.41) is 3.08. The number of ether oxygens (including phenoxy) is 1. The van der Waals surface area contributed by atoms with Crippen LogP contribution in [0.15, 0.2) is 46.1 Å². The second kappa shape index (κ2) is 8.75. The van der Waals surface area contributed by atoms with Crippen LogP contribution >= 0.6 is 0 Å². The van der Waals surface area contributed by atoms with Crippen molar-refractivity contribution in [2.75, 3.05) is 0 Å². The fourth-order valence-electron chi connectivity index (χ4n) is 3.98. The Morgan fingerprint density at radius 3 is 2.68 bits per heavy atom. The Balaban J connectivity index is 1.47. The van der Waals surface area contributed by atoms with Gasteiger partial charge in [0, 0.05) is 26.8 Å². The van der Waals surface area contributed by atoms with Crippen molar-refractivity contribution >= 4 is 16.9 Å². The van der Waals surface area contributed by atoms with Crippen LogP contribution in [-0.4, -0.2) is 26.1 Å². The van der Waals surface area contributed by atoms with Gasteiger partial charge in [-0.3, -0.25) is 18.7 Å². The number of fused-ring (bicyclic) bond motifs is 1. The SMILES string of the molecule is Cn1c(=O)c2cc(C(=O)NCc3cccc(OC4CCCCC4)c3)cnc2n(C)c1=O. The van der Waals surface area contributed by atoms with Gasteiger partial charge in [0.15, 0.2) is 0 Å². The summed E-state index contributed by atoms with van der Waals surface area (Å²) in [6, 6.07) is 9.20. The van der Waals surface area contributed by atoms with Crippen LogP contribution < -0.4 is 21.3 Å². The van der Waals surface area contributed by atoms with Gasteiger partial charge in [0.05, 0.1) is 17.1 Å². The minimum Gasteiger partial charge on any atom is -0.490 e. The molecular formula is C23H26N4O4. The lowest BCUT2D eigenvalue weighted by atomic mass is 9.98. The summed E-state index contributed by atoms with van der Waals surface area (Å²) in [7, 11) is 2.94. The Kier molecular flexibility index (Phi) is 5.88. The Bertz CT molecular complexity index is 1240. The summed E-state index contributed by atoms with van der Waals surface area (Å²) in [4.78, 5) is 41.3. The van der Waals surface area contributed by atoms with Crippen molar-refractivity contribution < 1.29 is 9.53 Å². The number of aromatic nitrogens is 3. The highest BCUT2D eigenvalue weighted by Crippen LogP contribution is 2.24. The Morgan fingerprint density at radius 2 is 1.90 bits per heavy atom. The van der Waals surface area contributed by atoms with Crippen LogP contribution in [0.5, 0.6) is 5.75 Å². The lowest BCUT2D eigenvalue weighted by Gasteiger charge is -2.23. The van der Waals surface area contributed by atoms with Crippen molar-refractivity contribution in [3.63, 3.8) is 0 Å². The van der Waals surface area contributed by atoms with Crippen molar-refractivity contribution in [3.8, 4) is 5.75 Å². The average Bonchev–Trinajstić information content (AvgIpc) is 2.80. The molecule has 2 heterocycles. The van der Waals surface area contributed by atoms with Crippen LogP contribution in [0.3, 0.4) is 0 Å². The monoisotopic (exact) mass is 422 g/mol. The second-order valence-corrected chi connectivity index (χ2v) is 8.01. The van der Waals surface area contributed by atoms with Gasteiger partial charge in [-0.15, -0.1) is 0 Å². The van der Waals surface area contributed by atoms with Crippen LogP contribution in [0.25, 0.3) is 11.0 Å². The third-order valence-electron chi connectivity index (χ3n) is 5.76. The summed E-state index contributed by atoms with van der Waals surface area (Å²) < 4.78 is 8.38. The fourth-order valence-corrected chi connectivity index (χ4v) is 3.98. The minimum atomic E-state index is -0.479. The molecule has 1 amide bonds. The van der Waals surface area contributed by atoms with Crippen molar-refractivity contribution in [1.82, 2.24) is 19.4 Å². The van der Waals surface area contributed by atoms with Crippen LogP contribution in [0.1, 0.15) is 48.0 Å². The maximum absolute atomic E-state index is 12.7. The van der Waals surface area contributed by atoms with E-state index in [1.165, 1.54) is 43.1 Å². The zero-order valence-corrected chi connectivity index (χ0v) is 17.8. The molecule has 1 aliphatic rings. The van der Waals surface area contributed by atoms with Gasteiger partial charge in [-0.1, -0.05) is 18.6 Å². The van der Waals surface area contributed by atoms with E-state index in [0.29, 0.717) is 6.54 Å². The predicted octanol–water partition coefficient (Wildman–Crippen LogP) is 2.27. The van der Waals surface area contributed by atoms with Gasteiger partial charge in [-0.25, -0.2) is 9.78 Å². The first-order chi connectivity index (χ1) is 14.9. The summed E-state index contributed by atoms with van der Waals surface area (Å²) >= 11 is 0. The molecule has 1 saturated carbocycles. The summed E-state index contributed by atoms with van der Waals surface area (Å²) in [5.74, 6) is 0.472. The van der Waals surface area contributed by atoms with E-state index in [4.69, 9.17) is 4.74 Å². The van der Waals surface area contributed by atoms with E-state index >= 15 is 0 Å². The van der Waals surface area contributed by atoms with E-state index in [1.54, 1.807) is 7.05 Å². The number of carbonyl (C=O) groups is 1. The molecule has 3 aromatic rings. The quantitative estimate of drug-likeness (QED) is 0.681. The minimum absolute atomic E-state index is 0.222. The number of nitrogens with zero attached hydrogens (tertiary/aromatic N) is 3. The third-order valence-corrected chi connectivity index (χ3v) is 5.76. The van der Waals surface area contributed by atoms with Crippen molar-refractivity contribution in [2.45, 2.75) is 44.8 Å². The number of nitrogens with one attached hydrogen (secondary N) is 1. The van der Waals surface area contributed by atoms with Gasteiger partial charge in [-0.05, 0) is 49.4 Å². The van der Waals surface area contributed by atoms with Gasteiger partial charge in [0.25, 0.3) is 11.5 Å². The lowest BCUT2D eigenvalue weighted by molar-refractivity contribution is 0.0950. The van der Waals surface area contributed by atoms with Gasteiger partial charge in [0.2, 0.25) is 0 Å². The van der Waals surface area contributed by atoms with Crippen molar-refractivity contribution in [3.05, 3.63) is 68.5 Å². The molecule has 4 rings (SSSR count). The van der Waals surface area contributed by atoms with Gasteiger partial charge in [0.1, 0.15) is 11.4 Å². The van der Waals surface area contributed by atoms with E-state index < -0.39 is 11.2 Å². The maximum atomic E-state index is 12.7. The van der Waals surface area contributed by atoms with Crippen LogP contribution in [0, 0.1) is 0 Å². The standard InChI is InChI=1S/C23H26N4O4/c1-26-20-19(22(29)27(2)23(26)30)12-16(14-24-20)21(28)25-13-15-7-6-10-18(11-15)31-17-8-4-3-5-9-17/h6-7,10-12,14,17H,3-5,8-9,13H2,1-2H3,(H,25,28). The predicted molar refractivity (Wildman–Crippen MR) is 117 cm³/mol. The molecule has 0 saturated heterocycles. The van der Waals surface area contributed by atoms with Gasteiger partial charge >= 0.3 is 5.69 Å². The topological polar surface area (TPSA) is 95.2 Å². The van der Waals surface area contributed by atoms with Crippen molar-refractivity contribution in [2.24, 2.45) is 14.1 Å². The fraction of sp³-hybridized carbons (Fsp3) is 0.391. The summed E-state index contributed by atoms with van der Waals surface area (Å²) in [6.07, 6.45) is 7.49. The molecule has 0 aliphatic heterocycles. The zero-order valence-electron chi connectivity index (χ0n) is 17.8. The number of amides is 1. The Hall–Kier alpha value is -3.42. The molecule has 1 N–H and O–H groups in total. The van der Waals surface area contributed by atoms with E-state index in [0.717, 1.165) is 28.7 Å². The molecule has 0 spiro atoms. The molecule has 162 valence electrons. The molecule has 1 fully saturated rings. The average molecular weight is 422 g/mol. The number of aryl methyl sites for hydroxylation is 1. The first-order valence-corrected chi connectivity index (χ1v) is 10.5. The van der Waals surface area contributed by atoms with E-state index in [-0.39, 0.29) is 28.6 Å². The van der Waals surface area contributed by atoms with Crippen molar-refractivity contribution in [1.29, 1.82) is 0 Å². The molecular weight excluding hydrogens is 396 g/mol. The first-order valence-electron chi connectivity index (χ1n) is 10.5. The second-order valence-electron chi connectivity index (χ2n) is 8.01. The molecule has 8 nitrogen and oxygen atoms in total. The smallest absolute Gasteiger partial charge is 0.332 e. The summed E-state index contributed by atoms with van der Waals surface area (Å²) in [6.45, 7) is 0.323. The highest BCUT2D eigenvalue weighted by molar-refractivity contribution is 5.96.